The average molecular weight is 294 g/mol. The van der Waals surface area contributed by atoms with Crippen molar-refractivity contribution >= 4 is 23.4 Å². The van der Waals surface area contributed by atoms with Gasteiger partial charge in [0.1, 0.15) is 0 Å². The zero-order valence-electron chi connectivity index (χ0n) is 11.3. The summed E-state index contributed by atoms with van der Waals surface area (Å²) in [6, 6.07) is 7.62. The molecule has 0 saturated heterocycles. The van der Waals surface area contributed by atoms with E-state index in [4.69, 9.17) is 0 Å². The fraction of sp³-hybridized carbons (Fsp3) is 0.308. The number of carbonyl (C=O) groups excluding carboxylic acids is 1. The molecule has 0 aliphatic carbocycles. The number of amides is 1. The summed E-state index contributed by atoms with van der Waals surface area (Å²) >= 11 is 1.29. The highest BCUT2D eigenvalue weighted by molar-refractivity contribution is 7.99. The summed E-state index contributed by atoms with van der Waals surface area (Å²) in [4.78, 5) is 23.1. The number of H-pyrrole nitrogens is 1. The number of anilines is 1. The van der Waals surface area contributed by atoms with Gasteiger partial charge in [-0.25, -0.2) is 4.79 Å². The van der Waals surface area contributed by atoms with Gasteiger partial charge < -0.3 is 5.32 Å². The van der Waals surface area contributed by atoms with Gasteiger partial charge in [-0.2, -0.15) is 0 Å². The van der Waals surface area contributed by atoms with E-state index >= 15 is 0 Å². The Morgan fingerprint density at radius 3 is 2.95 bits per heavy atom. The van der Waals surface area contributed by atoms with Crippen LogP contribution in [0.15, 0.2) is 38.6 Å². The SMILES string of the molecule is Cc1cccc(NC(=O)CCSc2c(=O)o[nH][n+]2C)c1. The molecule has 106 valence electrons. The van der Waals surface area contributed by atoms with Gasteiger partial charge in [-0.3, -0.25) is 9.32 Å². The number of aryl methyl sites for hydroxylation is 2. The Hall–Kier alpha value is -2.02. The van der Waals surface area contributed by atoms with E-state index in [1.54, 1.807) is 7.05 Å². The van der Waals surface area contributed by atoms with E-state index in [1.165, 1.54) is 16.4 Å². The number of hydrogen-bond donors (Lipinski definition) is 2. The topological polar surface area (TPSA) is 79.0 Å². The molecule has 0 atom stereocenters. The lowest BCUT2D eigenvalue weighted by molar-refractivity contribution is -0.772. The third-order valence-electron chi connectivity index (χ3n) is 2.62. The maximum Gasteiger partial charge on any atom is 0.441 e. The number of aromatic nitrogens is 2. The van der Waals surface area contributed by atoms with Crippen molar-refractivity contribution in [2.45, 2.75) is 18.4 Å². The first-order chi connectivity index (χ1) is 9.56. The van der Waals surface area contributed by atoms with Crippen LogP contribution in [0.4, 0.5) is 5.69 Å². The van der Waals surface area contributed by atoms with E-state index in [9.17, 15) is 9.59 Å². The van der Waals surface area contributed by atoms with Crippen LogP contribution >= 0.6 is 11.8 Å². The van der Waals surface area contributed by atoms with E-state index < -0.39 is 5.63 Å². The lowest BCUT2D eigenvalue weighted by atomic mass is 10.2. The van der Waals surface area contributed by atoms with Crippen LogP contribution in [0.3, 0.4) is 0 Å². The van der Waals surface area contributed by atoms with Gasteiger partial charge in [0.2, 0.25) is 5.91 Å². The summed E-state index contributed by atoms with van der Waals surface area (Å²) in [6.07, 6.45) is 0.323. The van der Waals surface area contributed by atoms with Crippen molar-refractivity contribution in [1.82, 2.24) is 5.27 Å². The smallest absolute Gasteiger partial charge is 0.326 e. The second kappa shape index (κ2) is 6.42. The molecule has 0 spiro atoms. The van der Waals surface area contributed by atoms with Gasteiger partial charge in [0, 0.05) is 17.9 Å². The van der Waals surface area contributed by atoms with Gasteiger partial charge in [0.05, 0.1) is 0 Å². The molecule has 0 bridgehead atoms. The molecule has 7 heteroatoms. The molecule has 0 unspecified atom stereocenters. The Morgan fingerprint density at radius 1 is 1.50 bits per heavy atom. The normalized spacial score (nSPS) is 10.5. The number of carbonyl (C=O) groups is 1. The van der Waals surface area contributed by atoms with Crippen LogP contribution in [-0.2, 0) is 11.8 Å². The third kappa shape index (κ3) is 3.74. The number of thioether (sulfide) groups is 1. The molecular weight excluding hydrogens is 278 g/mol. The maximum absolute atomic E-state index is 11.8. The molecule has 0 aliphatic heterocycles. The van der Waals surface area contributed by atoms with Gasteiger partial charge in [0.15, 0.2) is 7.05 Å². The van der Waals surface area contributed by atoms with E-state index in [1.807, 2.05) is 31.2 Å². The van der Waals surface area contributed by atoms with Gasteiger partial charge in [-0.1, -0.05) is 16.8 Å². The first kappa shape index (κ1) is 14.4. The molecule has 1 heterocycles. The zero-order valence-corrected chi connectivity index (χ0v) is 12.1. The number of aromatic amines is 1. The minimum Gasteiger partial charge on any atom is -0.326 e. The molecule has 20 heavy (non-hydrogen) atoms. The number of rotatable bonds is 5. The highest BCUT2D eigenvalue weighted by atomic mass is 32.2. The van der Waals surface area contributed by atoms with Crippen molar-refractivity contribution in [3.63, 3.8) is 0 Å². The summed E-state index contributed by atoms with van der Waals surface area (Å²) < 4.78 is 6.11. The van der Waals surface area contributed by atoms with E-state index in [2.05, 4.69) is 15.1 Å². The first-order valence-corrected chi connectivity index (χ1v) is 7.11. The van der Waals surface area contributed by atoms with Crippen LogP contribution in [-0.4, -0.2) is 16.9 Å². The molecule has 6 nitrogen and oxygen atoms in total. The molecule has 1 aromatic carbocycles. The van der Waals surface area contributed by atoms with Crippen LogP contribution in [0.5, 0.6) is 0 Å². The summed E-state index contributed by atoms with van der Waals surface area (Å²) in [6.45, 7) is 1.97. The Morgan fingerprint density at radius 2 is 2.30 bits per heavy atom. The van der Waals surface area contributed by atoms with Gasteiger partial charge in [0.25, 0.3) is 0 Å². The Bertz CT molecular complexity index is 663. The van der Waals surface area contributed by atoms with Crippen LogP contribution in [0.2, 0.25) is 0 Å². The summed E-state index contributed by atoms with van der Waals surface area (Å²) in [5.41, 5.74) is 1.46. The lowest BCUT2D eigenvalue weighted by Crippen LogP contribution is -2.33. The van der Waals surface area contributed by atoms with Gasteiger partial charge in [-0.15, -0.1) is 0 Å². The maximum atomic E-state index is 11.8. The van der Waals surface area contributed by atoms with Crippen molar-refractivity contribution in [2.75, 3.05) is 11.1 Å². The largest absolute Gasteiger partial charge is 0.441 e. The van der Waals surface area contributed by atoms with E-state index in [0.29, 0.717) is 17.2 Å². The molecule has 0 fully saturated rings. The molecule has 0 radical (unpaired) electrons. The molecule has 2 aromatic rings. The molecule has 2 N–H and O–H groups in total. The fourth-order valence-corrected chi connectivity index (χ4v) is 2.55. The number of benzene rings is 1. The molecule has 1 aromatic heterocycles. The third-order valence-corrected chi connectivity index (χ3v) is 3.75. The predicted molar refractivity (Wildman–Crippen MR) is 75.7 cm³/mol. The minimum atomic E-state index is -0.420. The average Bonchev–Trinajstić information content (AvgIpc) is 2.70. The summed E-state index contributed by atoms with van der Waals surface area (Å²) in [5, 5.41) is 5.70. The van der Waals surface area contributed by atoms with E-state index in [-0.39, 0.29) is 5.91 Å². The van der Waals surface area contributed by atoms with Gasteiger partial charge >= 0.3 is 10.7 Å². The Kier molecular flexibility index (Phi) is 4.62. The Labute approximate surface area is 120 Å². The van der Waals surface area contributed by atoms with Crippen LogP contribution in [0, 0.1) is 6.92 Å². The summed E-state index contributed by atoms with van der Waals surface area (Å²) in [5.74, 6) is 0.430. The minimum absolute atomic E-state index is 0.0781. The molecule has 1 amide bonds. The molecule has 0 saturated carbocycles. The number of nitrogens with zero attached hydrogens (tertiary/aromatic N) is 1. The number of nitrogens with one attached hydrogen (secondary N) is 2. The fourth-order valence-electron chi connectivity index (χ4n) is 1.67. The van der Waals surface area contributed by atoms with Crippen molar-refractivity contribution < 1.29 is 14.0 Å². The second-order valence-corrected chi connectivity index (χ2v) is 5.44. The van der Waals surface area contributed by atoms with Gasteiger partial charge in [-0.05, 0) is 41.7 Å². The zero-order chi connectivity index (χ0) is 14.5. The van der Waals surface area contributed by atoms with Crippen LogP contribution in [0.25, 0.3) is 0 Å². The highest BCUT2D eigenvalue weighted by Gasteiger charge is 2.17. The van der Waals surface area contributed by atoms with Crippen molar-refractivity contribution in [3.8, 4) is 0 Å². The van der Waals surface area contributed by atoms with Crippen LogP contribution < -0.4 is 15.6 Å². The Balaban J connectivity index is 1.83. The van der Waals surface area contributed by atoms with Crippen molar-refractivity contribution in [2.24, 2.45) is 7.05 Å². The van der Waals surface area contributed by atoms with E-state index in [0.717, 1.165) is 11.3 Å². The van der Waals surface area contributed by atoms with Crippen molar-refractivity contribution in [3.05, 3.63) is 40.2 Å². The second-order valence-electron chi connectivity index (χ2n) is 4.36. The standard InChI is InChI=1S/C13H15N3O3S/c1-9-4-3-5-10(8-9)14-11(17)6-7-20-12-13(18)19-15-16(12)2/h3-5,8H,6-7H2,1-2H3,(H-,14,15,17,18)/p+1. The quantitative estimate of drug-likeness (QED) is 0.642. The monoisotopic (exact) mass is 294 g/mol. The molecular formula is C13H16N3O3S+. The molecule has 0 aliphatic rings. The van der Waals surface area contributed by atoms with Crippen LogP contribution in [0.1, 0.15) is 12.0 Å². The summed E-state index contributed by atoms with van der Waals surface area (Å²) in [7, 11) is 1.68. The highest BCUT2D eigenvalue weighted by Crippen LogP contribution is 2.12. The lowest BCUT2D eigenvalue weighted by Gasteiger charge is -2.04. The van der Waals surface area contributed by atoms with Crippen molar-refractivity contribution in [1.29, 1.82) is 0 Å². The predicted octanol–water partition coefficient (Wildman–Crippen LogP) is 1.22. The number of hydrogen-bond acceptors (Lipinski definition) is 4. The first-order valence-electron chi connectivity index (χ1n) is 6.13. The molecule has 2 rings (SSSR count).